The molecule has 0 aliphatic rings. The molecule has 12 heteroatoms. The molecule has 0 heterocycles. The molecule has 12 nitrogen and oxygen atoms in total. The number of carbonyl (C=O) groups excluding carboxylic acids is 4. The highest BCUT2D eigenvalue weighted by atomic mass is 16.6. The van der Waals surface area contributed by atoms with Crippen molar-refractivity contribution < 1.29 is 38.1 Å². The first-order chi connectivity index (χ1) is 22.8. The first-order valence-corrected chi connectivity index (χ1v) is 16.4. The van der Waals surface area contributed by atoms with Crippen LogP contribution in [-0.4, -0.2) is 86.9 Å². The third-order valence-electron chi connectivity index (χ3n) is 7.29. The second-order valence-corrected chi connectivity index (χ2v) is 14.3. The van der Waals surface area contributed by atoms with Crippen LogP contribution in [0.15, 0.2) is 60.7 Å². The fourth-order valence-corrected chi connectivity index (χ4v) is 2.70. The molecule has 0 aliphatic carbocycles. The summed E-state index contributed by atoms with van der Waals surface area (Å²) in [6, 6.07) is 18.7. The third kappa shape index (κ3) is 20.0. The number of ether oxygens (including phenoxy) is 4. The monoisotopic (exact) mass is 704 g/mol. The van der Waals surface area contributed by atoms with Crippen molar-refractivity contribution in [1.29, 1.82) is 0 Å². The molecule has 0 aliphatic heterocycles. The molecule has 0 spiro atoms. The molecule has 284 valence electrons. The van der Waals surface area contributed by atoms with E-state index in [-0.39, 0.29) is 23.9 Å². The molecule has 0 bridgehead atoms. The Morgan fingerprint density at radius 1 is 0.520 bits per heavy atom. The predicted octanol–water partition coefficient (Wildman–Crippen LogP) is 4.80. The molecule has 2 aromatic rings. The Bertz CT molecular complexity index is 1290. The lowest BCUT2D eigenvalue weighted by Gasteiger charge is -2.27. The van der Waals surface area contributed by atoms with Crippen LogP contribution in [0.4, 0.5) is 0 Å². The Morgan fingerprint density at radius 2 is 0.880 bits per heavy atom. The molecular formula is C38H64N4O8. The second-order valence-electron chi connectivity index (χ2n) is 14.3. The van der Waals surface area contributed by atoms with E-state index in [9.17, 15) is 19.2 Å². The topological polar surface area (TPSA) is 153 Å². The highest BCUT2D eigenvalue weighted by Gasteiger charge is 2.31. The minimum Gasteiger partial charge on any atom is -0.468 e. The lowest BCUT2D eigenvalue weighted by atomic mass is 10.1. The molecule has 50 heavy (non-hydrogen) atoms. The molecule has 0 radical (unpaired) electrons. The molecule has 0 aromatic heterocycles. The van der Waals surface area contributed by atoms with Gasteiger partial charge in [0.05, 0.1) is 7.11 Å². The van der Waals surface area contributed by atoms with E-state index in [2.05, 4.69) is 26.0 Å². The number of hydrogen-bond donors (Lipinski definition) is 4. The number of para-hydroxylation sites is 1. The zero-order valence-corrected chi connectivity index (χ0v) is 33.2. The quantitative estimate of drug-likeness (QED) is 0.144. The number of benzene rings is 2. The minimum absolute atomic E-state index is 0.225. The summed E-state index contributed by atoms with van der Waals surface area (Å²) < 4.78 is 20.0. The molecule has 0 unspecified atom stereocenters. The summed E-state index contributed by atoms with van der Waals surface area (Å²) in [5, 5.41) is 11.5. The van der Waals surface area contributed by atoms with E-state index in [1.54, 1.807) is 95.7 Å². The smallest absolute Gasteiger partial charge is 0.331 e. The average Bonchev–Trinajstić information content (AvgIpc) is 3.07. The summed E-state index contributed by atoms with van der Waals surface area (Å²) in [5.74, 6) is -0.427. The lowest BCUT2D eigenvalue weighted by molar-refractivity contribution is -0.161. The van der Waals surface area contributed by atoms with Crippen molar-refractivity contribution in [1.82, 2.24) is 21.3 Å². The summed E-state index contributed by atoms with van der Waals surface area (Å²) in [7, 11) is 8.30. The van der Waals surface area contributed by atoms with Crippen LogP contribution in [0.3, 0.4) is 0 Å². The van der Waals surface area contributed by atoms with Gasteiger partial charge in [0.15, 0.2) is 0 Å². The summed E-state index contributed by atoms with van der Waals surface area (Å²) in [6.07, 6.45) is 0. The molecule has 0 amide bonds. The zero-order valence-electron chi connectivity index (χ0n) is 33.2. The molecular weight excluding hydrogens is 640 g/mol. The number of carbonyl (C=O) groups is 4. The number of likely N-dealkylation sites (N-methyl/N-ethyl adjacent to an activating group) is 4. The summed E-state index contributed by atoms with van der Waals surface area (Å²) >= 11 is 0. The molecule has 0 saturated heterocycles. The third-order valence-corrected chi connectivity index (χ3v) is 7.29. The number of rotatable bonds is 11. The average molecular weight is 705 g/mol. The van der Waals surface area contributed by atoms with Crippen LogP contribution >= 0.6 is 0 Å². The number of esters is 4. The maximum absolute atomic E-state index is 11.6. The standard InChI is InChI=1S/C12H17NO2.C11H15NO2.C9H19NO2.C6H13NO2/c1-12(2,13-3)11(14)15-9-10-7-5-4-6-8-10;1-11(2,12-3)10(13)14-9-7-5-4-6-8-9;1-8(2,3)12-7(11)9(4,5)10-6;1-6(2,7-3)5(8)9-4/h4-8,13H,9H2,1-3H3;4-8,12H,1-3H3;10H,1-6H3;7H,1-4H3. The van der Waals surface area contributed by atoms with Crippen LogP contribution in [0.2, 0.25) is 0 Å². The van der Waals surface area contributed by atoms with Crippen molar-refractivity contribution in [2.24, 2.45) is 0 Å². The first-order valence-electron chi connectivity index (χ1n) is 16.4. The van der Waals surface area contributed by atoms with E-state index in [1.165, 1.54) is 7.11 Å². The van der Waals surface area contributed by atoms with Gasteiger partial charge < -0.3 is 40.2 Å². The first kappa shape index (κ1) is 48.3. The normalized spacial score (nSPS) is 11.5. The SMILES string of the molecule is CNC(C)(C)C(=O)OC.CNC(C)(C)C(=O)OC(C)(C)C.CNC(C)(C)C(=O)OCc1ccccc1.CNC(C)(C)C(=O)Oc1ccccc1. The van der Waals surface area contributed by atoms with E-state index in [4.69, 9.17) is 14.2 Å². The van der Waals surface area contributed by atoms with Crippen LogP contribution in [0.25, 0.3) is 0 Å². The Kier molecular flexibility index (Phi) is 21.3. The maximum Gasteiger partial charge on any atom is 0.331 e. The molecule has 0 saturated carbocycles. The largest absolute Gasteiger partial charge is 0.468 e. The minimum atomic E-state index is -0.657. The van der Waals surface area contributed by atoms with Gasteiger partial charge in [-0.05, 0) is 122 Å². The van der Waals surface area contributed by atoms with Gasteiger partial charge in [-0.2, -0.15) is 0 Å². The Hall–Kier alpha value is -3.84. The van der Waals surface area contributed by atoms with Gasteiger partial charge in [0.25, 0.3) is 0 Å². The van der Waals surface area contributed by atoms with Crippen molar-refractivity contribution in [2.45, 2.75) is 111 Å². The van der Waals surface area contributed by atoms with Gasteiger partial charge in [0.1, 0.15) is 40.1 Å². The van der Waals surface area contributed by atoms with Crippen molar-refractivity contribution in [3.05, 3.63) is 66.2 Å². The highest BCUT2D eigenvalue weighted by molar-refractivity contribution is 5.82. The van der Waals surface area contributed by atoms with Gasteiger partial charge in [0, 0.05) is 0 Å². The molecule has 2 aromatic carbocycles. The van der Waals surface area contributed by atoms with Crippen LogP contribution in [-0.2, 0) is 40.0 Å². The van der Waals surface area contributed by atoms with Gasteiger partial charge >= 0.3 is 23.9 Å². The molecule has 2 rings (SSSR count). The van der Waals surface area contributed by atoms with Crippen molar-refractivity contribution in [3.63, 3.8) is 0 Å². The summed E-state index contributed by atoms with van der Waals surface area (Å²) in [4.78, 5) is 45.4. The van der Waals surface area contributed by atoms with Crippen LogP contribution in [0.5, 0.6) is 5.75 Å². The fraction of sp³-hybridized carbons (Fsp3) is 0.579. The van der Waals surface area contributed by atoms with Gasteiger partial charge in [-0.25, -0.2) is 4.79 Å². The molecule has 0 fully saturated rings. The van der Waals surface area contributed by atoms with E-state index in [0.717, 1.165) is 5.56 Å². The van der Waals surface area contributed by atoms with Gasteiger partial charge in [-0.15, -0.1) is 0 Å². The van der Waals surface area contributed by atoms with E-state index < -0.39 is 27.8 Å². The van der Waals surface area contributed by atoms with Gasteiger partial charge in [-0.1, -0.05) is 48.5 Å². The summed E-state index contributed by atoms with van der Waals surface area (Å²) in [6.45, 7) is 20.1. The molecule has 4 N–H and O–H groups in total. The van der Waals surface area contributed by atoms with Crippen LogP contribution in [0, 0.1) is 0 Å². The van der Waals surface area contributed by atoms with E-state index in [0.29, 0.717) is 12.4 Å². The predicted molar refractivity (Wildman–Crippen MR) is 199 cm³/mol. The Morgan fingerprint density at radius 3 is 1.24 bits per heavy atom. The Labute approximate surface area is 300 Å². The lowest BCUT2D eigenvalue weighted by Crippen LogP contribution is -2.48. The highest BCUT2D eigenvalue weighted by Crippen LogP contribution is 2.14. The Balaban J connectivity index is 0. The van der Waals surface area contributed by atoms with Crippen LogP contribution in [0.1, 0.15) is 81.7 Å². The van der Waals surface area contributed by atoms with E-state index in [1.807, 2.05) is 69.3 Å². The zero-order chi connectivity index (χ0) is 39.4. The summed E-state index contributed by atoms with van der Waals surface area (Å²) in [5.41, 5.74) is -1.87. The van der Waals surface area contributed by atoms with Crippen molar-refractivity contribution in [2.75, 3.05) is 35.3 Å². The number of hydrogen-bond acceptors (Lipinski definition) is 12. The number of nitrogens with one attached hydrogen (secondary N) is 4. The van der Waals surface area contributed by atoms with Gasteiger partial charge in [0.2, 0.25) is 0 Å². The second kappa shape index (κ2) is 22.1. The molecule has 0 atom stereocenters. The van der Waals surface area contributed by atoms with Gasteiger partial charge in [-0.3, -0.25) is 14.4 Å². The van der Waals surface area contributed by atoms with Crippen molar-refractivity contribution >= 4 is 23.9 Å². The van der Waals surface area contributed by atoms with E-state index >= 15 is 0 Å². The maximum atomic E-state index is 11.6. The van der Waals surface area contributed by atoms with Crippen LogP contribution < -0.4 is 26.0 Å². The van der Waals surface area contributed by atoms with Crippen molar-refractivity contribution in [3.8, 4) is 5.75 Å². The fourth-order valence-electron chi connectivity index (χ4n) is 2.70. The number of methoxy groups -OCH3 is 1.